The number of carbonyl (C=O) groups excluding carboxylic acids is 1. The lowest BCUT2D eigenvalue weighted by Crippen LogP contribution is -2.19. The van der Waals surface area contributed by atoms with Crippen LogP contribution < -0.4 is 10.1 Å². The fourth-order valence-corrected chi connectivity index (χ4v) is 3.03. The van der Waals surface area contributed by atoms with E-state index in [9.17, 15) is 4.79 Å². The van der Waals surface area contributed by atoms with Gasteiger partial charge in [0.15, 0.2) is 5.17 Å². The molecule has 1 aliphatic heterocycles. The maximum atomic E-state index is 12.1. The summed E-state index contributed by atoms with van der Waals surface area (Å²) in [4.78, 5) is 17.3. The number of aliphatic imine (C=N–C) groups is 1. The molecule has 0 radical (unpaired) electrons. The van der Waals surface area contributed by atoms with Crippen LogP contribution in [0.15, 0.2) is 58.4 Å². The Balaban J connectivity index is 1.88. The predicted molar refractivity (Wildman–Crippen MR) is 95.0 cm³/mol. The fourth-order valence-electron chi connectivity index (χ4n) is 2.21. The van der Waals surface area contributed by atoms with Crippen molar-refractivity contribution in [3.8, 4) is 5.75 Å². The van der Waals surface area contributed by atoms with Crippen molar-refractivity contribution in [1.82, 2.24) is 5.32 Å². The summed E-state index contributed by atoms with van der Waals surface area (Å²) in [7, 11) is 1.62. The number of thioether (sulfide) groups is 1. The number of carbonyl (C=O) groups is 1. The Labute approximate surface area is 139 Å². The van der Waals surface area contributed by atoms with Gasteiger partial charge in [-0.05, 0) is 42.5 Å². The zero-order valence-electron chi connectivity index (χ0n) is 12.9. The van der Waals surface area contributed by atoms with E-state index in [0.717, 1.165) is 22.6 Å². The van der Waals surface area contributed by atoms with Gasteiger partial charge in [-0.3, -0.25) is 4.79 Å². The minimum Gasteiger partial charge on any atom is -0.496 e. The molecule has 1 amide bonds. The Kier molecular flexibility index (Phi) is 4.48. The van der Waals surface area contributed by atoms with Gasteiger partial charge in [0, 0.05) is 5.56 Å². The van der Waals surface area contributed by atoms with Crippen molar-refractivity contribution in [1.29, 1.82) is 0 Å². The Hall–Kier alpha value is -2.53. The maximum Gasteiger partial charge on any atom is 0.264 e. The highest BCUT2D eigenvalue weighted by Crippen LogP contribution is 2.30. The second-order valence-corrected chi connectivity index (χ2v) is 6.04. The van der Waals surface area contributed by atoms with Crippen LogP contribution >= 0.6 is 11.8 Å². The summed E-state index contributed by atoms with van der Waals surface area (Å²) in [6, 6.07) is 15.4. The number of para-hydroxylation sites is 2. The third kappa shape index (κ3) is 3.46. The largest absolute Gasteiger partial charge is 0.496 e. The molecule has 0 saturated carbocycles. The van der Waals surface area contributed by atoms with E-state index in [-0.39, 0.29) is 5.91 Å². The highest BCUT2D eigenvalue weighted by atomic mass is 32.2. The summed E-state index contributed by atoms with van der Waals surface area (Å²) in [5.74, 6) is 0.589. The zero-order chi connectivity index (χ0) is 16.2. The van der Waals surface area contributed by atoms with Crippen molar-refractivity contribution in [3.63, 3.8) is 0 Å². The van der Waals surface area contributed by atoms with E-state index in [0.29, 0.717) is 10.1 Å². The Morgan fingerprint density at radius 2 is 1.87 bits per heavy atom. The van der Waals surface area contributed by atoms with E-state index in [1.54, 1.807) is 7.11 Å². The molecule has 4 nitrogen and oxygen atoms in total. The molecule has 23 heavy (non-hydrogen) atoms. The van der Waals surface area contributed by atoms with Gasteiger partial charge in [-0.25, -0.2) is 4.99 Å². The van der Waals surface area contributed by atoms with Crippen molar-refractivity contribution in [2.75, 3.05) is 7.11 Å². The number of nitrogens with zero attached hydrogens (tertiary/aromatic N) is 1. The first-order valence-corrected chi connectivity index (χ1v) is 7.97. The molecule has 1 aliphatic rings. The Morgan fingerprint density at radius 1 is 1.13 bits per heavy atom. The lowest BCUT2D eigenvalue weighted by molar-refractivity contribution is -0.115. The molecule has 1 saturated heterocycles. The van der Waals surface area contributed by atoms with E-state index in [1.165, 1.54) is 11.8 Å². The minimum absolute atomic E-state index is 0.145. The number of methoxy groups -OCH3 is 1. The monoisotopic (exact) mass is 324 g/mol. The number of aryl methyl sites for hydroxylation is 1. The molecule has 2 aromatic rings. The summed E-state index contributed by atoms with van der Waals surface area (Å²) < 4.78 is 5.31. The van der Waals surface area contributed by atoms with Gasteiger partial charge in [-0.15, -0.1) is 0 Å². The normalized spacial score (nSPS) is 17.6. The smallest absolute Gasteiger partial charge is 0.264 e. The van der Waals surface area contributed by atoms with E-state index >= 15 is 0 Å². The molecular formula is C18H16N2O2S. The van der Waals surface area contributed by atoms with Crippen molar-refractivity contribution in [2.24, 2.45) is 4.99 Å². The number of hydrogen-bond donors (Lipinski definition) is 1. The molecule has 0 unspecified atom stereocenters. The quantitative estimate of drug-likeness (QED) is 0.871. The van der Waals surface area contributed by atoms with Crippen molar-refractivity contribution >= 4 is 34.6 Å². The van der Waals surface area contributed by atoms with Crippen molar-refractivity contribution < 1.29 is 9.53 Å². The van der Waals surface area contributed by atoms with Gasteiger partial charge in [-0.2, -0.15) is 0 Å². The SMILES string of the molecule is COc1ccccc1C=C1SC(=Nc2ccccc2C)NC1=O. The van der Waals surface area contributed by atoms with E-state index in [2.05, 4.69) is 10.3 Å². The molecule has 5 heteroatoms. The lowest BCUT2D eigenvalue weighted by Gasteiger charge is -2.03. The summed E-state index contributed by atoms with van der Waals surface area (Å²) in [6.45, 7) is 1.99. The Bertz CT molecular complexity index is 812. The summed E-state index contributed by atoms with van der Waals surface area (Å²) in [6.07, 6.45) is 1.82. The number of benzene rings is 2. The van der Waals surface area contributed by atoms with Crippen LogP contribution in [0.3, 0.4) is 0 Å². The van der Waals surface area contributed by atoms with Crippen molar-refractivity contribution in [2.45, 2.75) is 6.92 Å². The lowest BCUT2D eigenvalue weighted by atomic mass is 10.2. The topological polar surface area (TPSA) is 50.7 Å². The highest BCUT2D eigenvalue weighted by molar-refractivity contribution is 8.18. The maximum absolute atomic E-state index is 12.1. The van der Waals surface area contributed by atoms with E-state index < -0.39 is 0 Å². The number of rotatable bonds is 3. The average molecular weight is 324 g/mol. The second kappa shape index (κ2) is 6.71. The molecular weight excluding hydrogens is 308 g/mol. The van der Waals surface area contributed by atoms with Gasteiger partial charge in [0.1, 0.15) is 5.75 Å². The van der Waals surface area contributed by atoms with E-state index in [4.69, 9.17) is 4.74 Å². The third-order valence-corrected chi connectivity index (χ3v) is 4.32. The highest BCUT2D eigenvalue weighted by Gasteiger charge is 2.24. The van der Waals surface area contributed by atoms with Crippen LogP contribution in [-0.4, -0.2) is 18.2 Å². The first-order chi connectivity index (χ1) is 11.2. The van der Waals surface area contributed by atoms with Crippen LogP contribution in [0.25, 0.3) is 6.08 Å². The van der Waals surface area contributed by atoms with Gasteiger partial charge in [0.25, 0.3) is 5.91 Å². The number of amides is 1. The molecule has 1 fully saturated rings. The molecule has 0 atom stereocenters. The zero-order valence-corrected chi connectivity index (χ0v) is 13.7. The summed E-state index contributed by atoms with van der Waals surface area (Å²) in [5, 5.41) is 3.39. The Morgan fingerprint density at radius 3 is 2.65 bits per heavy atom. The molecule has 1 N–H and O–H groups in total. The minimum atomic E-state index is -0.145. The van der Waals surface area contributed by atoms with Crippen LogP contribution in [0.4, 0.5) is 5.69 Å². The van der Waals surface area contributed by atoms with Gasteiger partial charge in [-0.1, -0.05) is 36.4 Å². The van der Waals surface area contributed by atoms with E-state index in [1.807, 2.05) is 61.5 Å². The molecule has 2 aromatic carbocycles. The van der Waals surface area contributed by atoms with Crippen LogP contribution in [0.2, 0.25) is 0 Å². The molecule has 0 aliphatic carbocycles. The van der Waals surface area contributed by atoms with Crippen molar-refractivity contribution in [3.05, 3.63) is 64.6 Å². The number of ether oxygens (including phenoxy) is 1. The summed E-state index contributed by atoms with van der Waals surface area (Å²) in [5.41, 5.74) is 2.79. The van der Waals surface area contributed by atoms with Gasteiger partial charge < -0.3 is 10.1 Å². The molecule has 116 valence electrons. The van der Waals surface area contributed by atoms with Gasteiger partial charge >= 0.3 is 0 Å². The van der Waals surface area contributed by atoms with Crippen LogP contribution in [0.1, 0.15) is 11.1 Å². The fraction of sp³-hybridized carbons (Fsp3) is 0.111. The predicted octanol–water partition coefficient (Wildman–Crippen LogP) is 3.90. The average Bonchev–Trinajstić information content (AvgIpc) is 2.90. The molecule has 3 rings (SSSR count). The first kappa shape index (κ1) is 15.4. The molecule has 1 heterocycles. The molecule has 0 spiro atoms. The van der Waals surface area contributed by atoms with Gasteiger partial charge in [0.05, 0.1) is 17.7 Å². The number of amidine groups is 1. The molecule has 0 aromatic heterocycles. The number of hydrogen-bond acceptors (Lipinski definition) is 4. The first-order valence-electron chi connectivity index (χ1n) is 7.15. The third-order valence-electron chi connectivity index (χ3n) is 3.41. The van der Waals surface area contributed by atoms with Crippen LogP contribution in [0, 0.1) is 6.92 Å². The van der Waals surface area contributed by atoms with Gasteiger partial charge in [0.2, 0.25) is 0 Å². The standard InChI is InChI=1S/C18H16N2O2S/c1-12-7-3-5-9-14(12)19-18-20-17(21)16(23-18)11-13-8-4-6-10-15(13)22-2/h3-11H,1-2H3,(H,19,20,21). The van der Waals surface area contributed by atoms with Crippen LogP contribution in [0.5, 0.6) is 5.75 Å². The van der Waals surface area contributed by atoms with Crippen LogP contribution in [-0.2, 0) is 4.79 Å². The number of nitrogens with one attached hydrogen (secondary N) is 1. The molecule has 0 bridgehead atoms. The summed E-state index contributed by atoms with van der Waals surface area (Å²) >= 11 is 1.33. The second-order valence-electron chi connectivity index (χ2n) is 5.01.